The number of ether oxygens (including phenoxy) is 1. The Hall–Kier alpha value is -1.90. The van der Waals surface area contributed by atoms with Crippen LogP contribution in [0.5, 0.6) is 11.6 Å². The molecule has 4 nitrogen and oxygen atoms in total. The summed E-state index contributed by atoms with van der Waals surface area (Å²) in [4.78, 5) is 7.66. The van der Waals surface area contributed by atoms with Gasteiger partial charge >= 0.3 is 0 Å². The highest BCUT2D eigenvalue weighted by atomic mass is 35.5. The van der Waals surface area contributed by atoms with Gasteiger partial charge in [-0.25, -0.2) is 14.4 Å². The molecule has 0 N–H and O–H groups in total. The molecule has 0 aliphatic rings. The Kier molecular flexibility index (Phi) is 4.15. The third kappa shape index (κ3) is 2.92. The second-order valence-corrected chi connectivity index (χ2v) is 4.06. The number of nitrogens with zero attached hydrogens (tertiary/aromatic N) is 3. The second kappa shape index (κ2) is 5.83. The molecule has 0 saturated heterocycles. The number of hydrogen-bond donors (Lipinski definition) is 0. The highest BCUT2D eigenvalue weighted by molar-refractivity contribution is 6.31. The van der Waals surface area contributed by atoms with E-state index in [4.69, 9.17) is 33.2 Å². The quantitative estimate of drug-likeness (QED) is 0.640. The van der Waals surface area contributed by atoms with Gasteiger partial charge in [-0.2, -0.15) is 5.26 Å². The molecule has 0 fully saturated rings. The topological polar surface area (TPSA) is 58.8 Å². The molecule has 0 aliphatic heterocycles. The summed E-state index contributed by atoms with van der Waals surface area (Å²) in [7, 11) is 0. The van der Waals surface area contributed by atoms with Crippen LogP contribution in [0.2, 0.25) is 5.15 Å². The molecule has 0 aliphatic carbocycles. The minimum atomic E-state index is -0.674. The molecule has 1 heterocycles. The maximum Gasteiger partial charge on any atom is 0.228 e. The van der Waals surface area contributed by atoms with E-state index in [1.165, 1.54) is 18.5 Å². The van der Waals surface area contributed by atoms with Crippen molar-refractivity contribution >= 4 is 23.2 Å². The minimum absolute atomic E-state index is 0.0633. The number of benzene rings is 1. The summed E-state index contributed by atoms with van der Waals surface area (Å²) in [6.45, 7) is 0. The van der Waals surface area contributed by atoms with Crippen LogP contribution in [0, 0.1) is 17.1 Å². The van der Waals surface area contributed by atoms with Crippen molar-refractivity contribution in [1.29, 1.82) is 5.26 Å². The summed E-state index contributed by atoms with van der Waals surface area (Å²) in [6.07, 6.45) is 1.22. The fraction of sp³-hybridized carbons (Fsp3) is 0.0833. The smallest absolute Gasteiger partial charge is 0.228 e. The number of aromatic nitrogens is 2. The van der Waals surface area contributed by atoms with E-state index < -0.39 is 5.82 Å². The van der Waals surface area contributed by atoms with E-state index in [1.807, 2.05) is 0 Å². The van der Waals surface area contributed by atoms with Crippen LogP contribution in [0.1, 0.15) is 11.1 Å². The first kappa shape index (κ1) is 13.5. The number of nitriles is 1. The van der Waals surface area contributed by atoms with Crippen LogP contribution in [0.3, 0.4) is 0 Å². The Morgan fingerprint density at radius 3 is 2.79 bits per heavy atom. The van der Waals surface area contributed by atoms with Gasteiger partial charge in [0, 0.05) is 6.07 Å². The Bertz CT molecular complexity index is 658. The molecule has 0 radical (unpaired) electrons. The molecule has 19 heavy (non-hydrogen) atoms. The van der Waals surface area contributed by atoms with Crippen LogP contribution in [0.15, 0.2) is 24.5 Å². The fourth-order valence-electron chi connectivity index (χ4n) is 1.34. The molecule has 0 bridgehead atoms. The van der Waals surface area contributed by atoms with Crippen molar-refractivity contribution in [3.8, 4) is 17.7 Å². The molecule has 0 atom stereocenters. The zero-order valence-corrected chi connectivity index (χ0v) is 10.9. The van der Waals surface area contributed by atoms with Crippen LogP contribution in [0.4, 0.5) is 4.39 Å². The number of halogens is 3. The highest BCUT2D eigenvalue weighted by Crippen LogP contribution is 2.28. The zero-order chi connectivity index (χ0) is 13.8. The van der Waals surface area contributed by atoms with Crippen LogP contribution >= 0.6 is 23.2 Å². The maximum absolute atomic E-state index is 13.4. The van der Waals surface area contributed by atoms with Gasteiger partial charge in [-0.05, 0) is 12.1 Å². The average Bonchev–Trinajstić information content (AvgIpc) is 2.39. The predicted molar refractivity (Wildman–Crippen MR) is 67.8 cm³/mol. The van der Waals surface area contributed by atoms with Crippen molar-refractivity contribution in [2.24, 2.45) is 0 Å². The minimum Gasteiger partial charge on any atom is -0.438 e. The summed E-state index contributed by atoms with van der Waals surface area (Å²) in [6, 6.07) is 5.58. The number of alkyl halides is 1. The molecule has 0 saturated carbocycles. The van der Waals surface area contributed by atoms with E-state index in [9.17, 15) is 4.39 Å². The molecule has 7 heteroatoms. The van der Waals surface area contributed by atoms with E-state index in [2.05, 4.69) is 9.97 Å². The number of rotatable bonds is 3. The Balaban J connectivity index is 2.34. The summed E-state index contributed by atoms with van der Waals surface area (Å²) >= 11 is 11.6. The van der Waals surface area contributed by atoms with E-state index in [1.54, 1.807) is 6.07 Å². The molecule has 2 rings (SSSR count). The van der Waals surface area contributed by atoms with E-state index in [-0.39, 0.29) is 28.2 Å². The lowest BCUT2D eigenvalue weighted by Crippen LogP contribution is -1.96. The molecule has 0 unspecified atom stereocenters. The fourth-order valence-corrected chi connectivity index (χ4v) is 1.84. The summed E-state index contributed by atoms with van der Waals surface area (Å²) in [5.74, 6) is -0.266. The van der Waals surface area contributed by atoms with Gasteiger partial charge < -0.3 is 4.74 Å². The van der Waals surface area contributed by atoms with Gasteiger partial charge in [0.2, 0.25) is 5.88 Å². The highest BCUT2D eigenvalue weighted by Gasteiger charge is 2.12. The van der Waals surface area contributed by atoms with E-state index >= 15 is 0 Å². The van der Waals surface area contributed by atoms with Crippen molar-refractivity contribution in [1.82, 2.24) is 9.97 Å². The molecule has 2 aromatic rings. The normalized spacial score (nSPS) is 10.0. The Labute approximate surface area is 118 Å². The van der Waals surface area contributed by atoms with Crippen molar-refractivity contribution in [2.45, 2.75) is 5.88 Å². The molecule has 0 amide bonds. The van der Waals surface area contributed by atoms with Crippen LogP contribution in [-0.4, -0.2) is 9.97 Å². The zero-order valence-electron chi connectivity index (χ0n) is 9.40. The van der Waals surface area contributed by atoms with Gasteiger partial charge in [-0.1, -0.05) is 11.6 Å². The van der Waals surface area contributed by atoms with Crippen LogP contribution < -0.4 is 4.74 Å². The average molecular weight is 298 g/mol. The molecule has 0 spiro atoms. The molecule has 96 valence electrons. The third-order valence-electron chi connectivity index (χ3n) is 2.26. The number of hydrogen-bond acceptors (Lipinski definition) is 4. The van der Waals surface area contributed by atoms with E-state index in [0.717, 1.165) is 6.07 Å². The van der Waals surface area contributed by atoms with Crippen molar-refractivity contribution < 1.29 is 9.13 Å². The van der Waals surface area contributed by atoms with Crippen LogP contribution in [0.25, 0.3) is 0 Å². The standard InChI is InChI=1S/C12H6Cl2FN3O/c13-4-9-11(14)17-6-18-12(9)19-8-2-1-7(5-16)10(15)3-8/h1-3,6H,4H2. The monoisotopic (exact) mass is 297 g/mol. The Morgan fingerprint density at radius 2 is 2.16 bits per heavy atom. The summed E-state index contributed by atoms with van der Waals surface area (Å²) in [5, 5.41) is 8.81. The lowest BCUT2D eigenvalue weighted by atomic mass is 10.2. The van der Waals surface area contributed by atoms with Crippen LogP contribution in [-0.2, 0) is 5.88 Å². The van der Waals surface area contributed by atoms with E-state index in [0.29, 0.717) is 5.56 Å². The SMILES string of the molecule is N#Cc1ccc(Oc2ncnc(Cl)c2CCl)cc1F. The molecule has 1 aromatic carbocycles. The van der Waals surface area contributed by atoms with Gasteiger partial charge in [0.25, 0.3) is 0 Å². The van der Waals surface area contributed by atoms with Gasteiger partial charge in [-0.3, -0.25) is 0 Å². The lowest BCUT2D eigenvalue weighted by molar-refractivity contribution is 0.452. The largest absolute Gasteiger partial charge is 0.438 e. The summed E-state index contributed by atoms with van der Waals surface area (Å²) in [5.41, 5.74) is 0.348. The van der Waals surface area contributed by atoms with Gasteiger partial charge in [0.1, 0.15) is 29.1 Å². The van der Waals surface area contributed by atoms with Gasteiger partial charge in [0.15, 0.2) is 0 Å². The first-order valence-corrected chi connectivity index (χ1v) is 5.99. The second-order valence-electron chi connectivity index (χ2n) is 3.44. The molecular weight excluding hydrogens is 292 g/mol. The van der Waals surface area contributed by atoms with Gasteiger partial charge in [0.05, 0.1) is 17.0 Å². The lowest BCUT2D eigenvalue weighted by Gasteiger charge is -2.09. The van der Waals surface area contributed by atoms with Gasteiger partial charge in [-0.15, -0.1) is 11.6 Å². The van der Waals surface area contributed by atoms with Crippen molar-refractivity contribution in [2.75, 3.05) is 0 Å². The molecular formula is C12H6Cl2FN3O. The Morgan fingerprint density at radius 1 is 1.37 bits per heavy atom. The summed E-state index contributed by atoms with van der Waals surface area (Å²) < 4.78 is 18.8. The van der Waals surface area contributed by atoms with Crippen molar-refractivity contribution in [3.05, 3.63) is 46.6 Å². The molecule has 1 aromatic heterocycles. The first-order chi connectivity index (χ1) is 9.15. The predicted octanol–water partition coefficient (Wildman–Crippen LogP) is 3.67. The first-order valence-electron chi connectivity index (χ1n) is 5.08. The third-order valence-corrected chi connectivity index (χ3v) is 2.86. The van der Waals surface area contributed by atoms with Crippen molar-refractivity contribution in [3.63, 3.8) is 0 Å². The maximum atomic E-state index is 13.4.